The van der Waals surface area contributed by atoms with E-state index in [0.29, 0.717) is 12.3 Å². The van der Waals surface area contributed by atoms with Crippen LogP contribution in [-0.2, 0) is 23.2 Å². The molecule has 1 heterocycles. The van der Waals surface area contributed by atoms with E-state index in [9.17, 15) is 9.59 Å². The van der Waals surface area contributed by atoms with Gasteiger partial charge in [0, 0.05) is 36.2 Å². The molecule has 1 aromatic heterocycles. The first-order valence-corrected chi connectivity index (χ1v) is 7.99. The summed E-state index contributed by atoms with van der Waals surface area (Å²) in [6, 6.07) is 4.11. The lowest BCUT2D eigenvalue weighted by Crippen LogP contribution is -2.42. The Balaban J connectivity index is 1.59. The largest absolute Gasteiger partial charge is 0.350 e. The monoisotopic (exact) mass is 288 g/mol. The van der Waals surface area contributed by atoms with Gasteiger partial charge in [0.2, 0.25) is 5.91 Å². The minimum atomic E-state index is 0.0272. The fourth-order valence-electron chi connectivity index (χ4n) is 3.86. The van der Waals surface area contributed by atoms with Gasteiger partial charge in [-0.05, 0) is 44.7 Å². The summed E-state index contributed by atoms with van der Waals surface area (Å²) in [7, 11) is 2.01. The summed E-state index contributed by atoms with van der Waals surface area (Å²) in [6.45, 7) is 2.63. The van der Waals surface area contributed by atoms with Crippen molar-refractivity contribution in [2.75, 3.05) is 0 Å². The van der Waals surface area contributed by atoms with Gasteiger partial charge in [0.25, 0.3) is 0 Å². The second-order valence-corrected chi connectivity index (χ2v) is 6.64. The average Bonchev–Trinajstić information content (AvgIpc) is 2.76. The summed E-state index contributed by atoms with van der Waals surface area (Å²) in [5, 5.41) is 3.06. The molecular formula is C17H24N2O2. The molecule has 1 unspecified atom stereocenters. The van der Waals surface area contributed by atoms with Crippen LogP contribution in [-0.4, -0.2) is 16.3 Å². The van der Waals surface area contributed by atoms with Gasteiger partial charge < -0.3 is 9.88 Å². The molecule has 2 fully saturated rings. The number of nitrogens with zero attached hydrogens (tertiary/aromatic N) is 1. The van der Waals surface area contributed by atoms with Gasteiger partial charge in [-0.3, -0.25) is 9.59 Å². The van der Waals surface area contributed by atoms with Crippen molar-refractivity contribution < 1.29 is 9.59 Å². The van der Waals surface area contributed by atoms with Crippen LogP contribution in [0.2, 0.25) is 0 Å². The fourth-order valence-corrected chi connectivity index (χ4v) is 3.86. The molecule has 2 saturated carbocycles. The highest BCUT2D eigenvalue weighted by Gasteiger charge is 2.41. The lowest BCUT2D eigenvalue weighted by molar-refractivity contribution is -0.137. The fraction of sp³-hybridized carbons (Fsp3) is 0.647. The zero-order valence-corrected chi connectivity index (χ0v) is 12.9. The molecule has 1 N–H and O–H groups in total. The maximum atomic E-state index is 12.4. The summed E-state index contributed by atoms with van der Waals surface area (Å²) in [5.41, 5.74) is 2.31. The molecule has 21 heavy (non-hydrogen) atoms. The Morgan fingerprint density at radius 2 is 1.95 bits per heavy atom. The minimum Gasteiger partial charge on any atom is -0.350 e. The number of carbonyl (C=O) groups excluding carboxylic acids is 2. The highest BCUT2D eigenvalue weighted by atomic mass is 16.2. The van der Waals surface area contributed by atoms with Crippen LogP contribution in [0.5, 0.6) is 0 Å². The Morgan fingerprint density at radius 1 is 1.29 bits per heavy atom. The Morgan fingerprint density at radius 3 is 2.52 bits per heavy atom. The van der Waals surface area contributed by atoms with Gasteiger partial charge in [-0.25, -0.2) is 0 Å². The van der Waals surface area contributed by atoms with E-state index in [0.717, 1.165) is 37.8 Å². The molecule has 2 bridgehead atoms. The van der Waals surface area contributed by atoms with Gasteiger partial charge in [0.1, 0.15) is 5.78 Å². The van der Waals surface area contributed by atoms with Crippen LogP contribution in [0, 0.1) is 24.7 Å². The van der Waals surface area contributed by atoms with Crippen molar-refractivity contribution >= 4 is 11.7 Å². The summed E-state index contributed by atoms with van der Waals surface area (Å²) in [4.78, 5) is 24.5. The van der Waals surface area contributed by atoms with Crippen LogP contribution in [0.15, 0.2) is 12.1 Å². The summed E-state index contributed by atoms with van der Waals surface area (Å²) in [5.74, 6) is 0.858. The van der Waals surface area contributed by atoms with E-state index in [-0.39, 0.29) is 23.7 Å². The van der Waals surface area contributed by atoms with Gasteiger partial charge >= 0.3 is 0 Å². The molecule has 4 heteroatoms. The van der Waals surface area contributed by atoms with Crippen LogP contribution in [0.1, 0.15) is 43.5 Å². The average molecular weight is 288 g/mol. The minimum absolute atomic E-state index is 0.0272. The number of hydrogen-bond donors (Lipinski definition) is 1. The zero-order valence-electron chi connectivity index (χ0n) is 12.9. The number of rotatable bonds is 3. The SMILES string of the molecule is Cc1ccc(CNC(=O)C2C[C@H]3CCC[C@@H](C2)C3=O)n1C. The predicted molar refractivity (Wildman–Crippen MR) is 80.6 cm³/mol. The van der Waals surface area contributed by atoms with Gasteiger partial charge in [-0.1, -0.05) is 6.42 Å². The second-order valence-electron chi connectivity index (χ2n) is 6.64. The first kappa shape index (κ1) is 14.4. The molecular weight excluding hydrogens is 264 g/mol. The maximum Gasteiger partial charge on any atom is 0.223 e. The Hall–Kier alpha value is -1.58. The summed E-state index contributed by atoms with van der Waals surface area (Å²) in [6.07, 6.45) is 4.63. The van der Waals surface area contributed by atoms with Crippen molar-refractivity contribution in [3.63, 3.8) is 0 Å². The number of ketones is 1. The third-order valence-corrected chi connectivity index (χ3v) is 5.34. The first-order chi connectivity index (χ1) is 10.1. The summed E-state index contributed by atoms with van der Waals surface area (Å²) < 4.78 is 2.10. The lowest BCUT2D eigenvalue weighted by atomic mass is 9.67. The molecule has 1 amide bonds. The van der Waals surface area contributed by atoms with Crippen molar-refractivity contribution in [2.24, 2.45) is 24.8 Å². The maximum absolute atomic E-state index is 12.4. The van der Waals surface area contributed by atoms with Crippen LogP contribution in [0.25, 0.3) is 0 Å². The van der Waals surface area contributed by atoms with E-state index in [2.05, 4.69) is 28.9 Å². The van der Waals surface area contributed by atoms with Crippen molar-refractivity contribution in [3.8, 4) is 0 Å². The molecule has 4 nitrogen and oxygen atoms in total. The quantitative estimate of drug-likeness (QED) is 0.928. The normalized spacial score (nSPS) is 28.5. The molecule has 0 spiro atoms. The van der Waals surface area contributed by atoms with Crippen LogP contribution in [0.4, 0.5) is 0 Å². The molecule has 2 aliphatic rings. The first-order valence-electron chi connectivity index (χ1n) is 7.99. The van der Waals surface area contributed by atoms with Crippen molar-refractivity contribution in [2.45, 2.75) is 45.6 Å². The Labute approximate surface area is 125 Å². The number of amides is 1. The van der Waals surface area contributed by atoms with Gasteiger partial charge in [-0.15, -0.1) is 0 Å². The highest BCUT2D eigenvalue weighted by molar-refractivity contribution is 5.88. The number of carbonyl (C=O) groups is 2. The predicted octanol–water partition coefficient (Wildman–Crippen LogP) is 2.35. The van der Waals surface area contributed by atoms with Gasteiger partial charge in [0.15, 0.2) is 0 Å². The molecule has 3 rings (SSSR count). The number of nitrogens with one attached hydrogen (secondary N) is 1. The third kappa shape index (κ3) is 2.76. The third-order valence-electron chi connectivity index (χ3n) is 5.34. The molecule has 0 aromatic carbocycles. The molecule has 0 aliphatic heterocycles. The van der Waals surface area contributed by atoms with Crippen LogP contribution < -0.4 is 5.32 Å². The van der Waals surface area contributed by atoms with Crippen LogP contribution in [0.3, 0.4) is 0 Å². The standard InChI is InChI=1S/C17H24N2O2/c1-11-6-7-15(19(11)2)10-18-17(21)14-8-12-4-3-5-13(9-14)16(12)20/h6-7,12-14H,3-5,8-10H2,1-2H3,(H,18,21)/t12-,13+,14?. The van der Waals surface area contributed by atoms with Gasteiger partial charge in [-0.2, -0.15) is 0 Å². The Bertz CT molecular complexity index is 545. The number of fused-ring (bicyclic) bond motifs is 2. The molecule has 0 saturated heterocycles. The van der Waals surface area contributed by atoms with E-state index < -0.39 is 0 Å². The summed E-state index contributed by atoms with van der Waals surface area (Å²) >= 11 is 0. The lowest BCUT2D eigenvalue weighted by Gasteiger charge is -2.36. The van der Waals surface area contributed by atoms with E-state index in [1.807, 2.05) is 7.05 Å². The number of hydrogen-bond acceptors (Lipinski definition) is 2. The number of aryl methyl sites for hydroxylation is 1. The van der Waals surface area contributed by atoms with Gasteiger partial charge in [0.05, 0.1) is 6.54 Å². The molecule has 114 valence electrons. The molecule has 3 atom stereocenters. The smallest absolute Gasteiger partial charge is 0.223 e. The van der Waals surface area contributed by atoms with Crippen molar-refractivity contribution in [1.29, 1.82) is 0 Å². The van der Waals surface area contributed by atoms with E-state index in [1.165, 1.54) is 5.69 Å². The molecule has 2 aliphatic carbocycles. The zero-order chi connectivity index (χ0) is 15.0. The molecule has 0 radical (unpaired) electrons. The van der Waals surface area contributed by atoms with Crippen LogP contribution >= 0.6 is 0 Å². The molecule has 1 aromatic rings. The van der Waals surface area contributed by atoms with E-state index >= 15 is 0 Å². The van der Waals surface area contributed by atoms with Crippen molar-refractivity contribution in [3.05, 3.63) is 23.5 Å². The van der Waals surface area contributed by atoms with E-state index in [4.69, 9.17) is 0 Å². The highest BCUT2D eigenvalue weighted by Crippen LogP contribution is 2.40. The second kappa shape index (κ2) is 5.66. The topological polar surface area (TPSA) is 51.1 Å². The number of aromatic nitrogens is 1. The van der Waals surface area contributed by atoms with E-state index in [1.54, 1.807) is 0 Å². The van der Waals surface area contributed by atoms with Crippen molar-refractivity contribution in [1.82, 2.24) is 9.88 Å². The Kier molecular flexibility index (Phi) is 3.87. The number of Topliss-reactive ketones (excluding diaryl/α,β-unsaturated/α-hetero) is 1.